The minimum absolute atomic E-state index is 0.292. The van der Waals surface area contributed by atoms with Crippen LogP contribution in [-0.4, -0.2) is 27.3 Å². The highest BCUT2D eigenvalue weighted by molar-refractivity contribution is 6.05. The summed E-state index contributed by atoms with van der Waals surface area (Å²) in [5.74, 6) is -1.25. The van der Waals surface area contributed by atoms with Gasteiger partial charge in [0, 0.05) is 23.9 Å². The van der Waals surface area contributed by atoms with Gasteiger partial charge in [0.25, 0.3) is 17.7 Å². The van der Waals surface area contributed by atoms with Crippen molar-refractivity contribution in [2.75, 3.05) is 5.32 Å². The average Bonchev–Trinajstić information content (AvgIpc) is 3.14. The fraction of sp³-hybridized carbons (Fsp3) is 0.143. The van der Waals surface area contributed by atoms with Gasteiger partial charge in [-0.2, -0.15) is 0 Å². The third kappa shape index (κ3) is 4.67. The second-order valence-corrected chi connectivity index (χ2v) is 6.65. The van der Waals surface area contributed by atoms with Gasteiger partial charge in [-0.3, -0.25) is 25.2 Å². The Hall–Kier alpha value is -3.94. The number of carbonyl (C=O) groups is 3. The van der Waals surface area contributed by atoms with E-state index in [-0.39, 0.29) is 5.91 Å². The molecule has 3 aromatic rings. The number of nitrogens with zero attached hydrogens (tertiary/aromatic N) is 2. The number of anilines is 1. The fourth-order valence-corrected chi connectivity index (χ4v) is 2.62. The summed E-state index contributed by atoms with van der Waals surface area (Å²) in [7, 11) is 1.72. The van der Waals surface area contributed by atoms with Gasteiger partial charge < -0.3 is 9.88 Å². The quantitative estimate of drug-likeness (QED) is 0.594. The maximum absolute atomic E-state index is 12.4. The molecule has 0 aliphatic rings. The molecule has 2 aromatic carbocycles. The summed E-state index contributed by atoms with van der Waals surface area (Å²) in [6.45, 7) is 3.74. The van der Waals surface area contributed by atoms with E-state index in [4.69, 9.17) is 0 Å². The number of nitrogens with one attached hydrogen (secondary N) is 3. The van der Waals surface area contributed by atoms with E-state index >= 15 is 0 Å². The van der Waals surface area contributed by atoms with E-state index in [2.05, 4.69) is 21.2 Å². The van der Waals surface area contributed by atoms with Crippen LogP contribution in [0.1, 0.15) is 42.3 Å². The summed E-state index contributed by atoms with van der Waals surface area (Å²) in [5, 5.41) is 2.78. The van der Waals surface area contributed by atoms with Crippen molar-refractivity contribution in [2.45, 2.75) is 13.8 Å². The van der Waals surface area contributed by atoms with Crippen molar-refractivity contribution in [3.8, 4) is 0 Å². The van der Waals surface area contributed by atoms with E-state index in [1.54, 1.807) is 41.9 Å². The predicted molar refractivity (Wildman–Crippen MR) is 108 cm³/mol. The molecule has 8 heteroatoms. The molecule has 0 fully saturated rings. The van der Waals surface area contributed by atoms with Gasteiger partial charge in [0.1, 0.15) is 5.69 Å². The Balaban J connectivity index is 1.67. The van der Waals surface area contributed by atoms with Gasteiger partial charge in [0.2, 0.25) is 0 Å². The Labute approximate surface area is 167 Å². The highest BCUT2D eigenvalue weighted by Gasteiger charge is 2.14. The van der Waals surface area contributed by atoms with Crippen LogP contribution in [0.4, 0.5) is 5.69 Å². The van der Waals surface area contributed by atoms with Crippen LogP contribution >= 0.6 is 0 Å². The molecule has 0 aliphatic carbocycles. The number of rotatable bonds is 4. The normalized spacial score (nSPS) is 10.3. The van der Waals surface area contributed by atoms with Gasteiger partial charge in [-0.15, -0.1) is 0 Å². The van der Waals surface area contributed by atoms with Gasteiger partial charge in [-0.1, -0.05) is 23.8 Å². The van der Waals surface area contributed by atoms with Gasteiger partial charge in [-0.05, 0) is 43.7 Å². The molecule has 0 saturated carbocycles. The van der Waals surface area contributed by atoms with Crippen molar-refractivity contribution >= 4 is 23.4 Å². The lowest BCUT2D eigenvalue weighted by molar-refractivity contribution is 0.0846. The number of hydrogen-bond donors (Lipinski definition) is 3. The third-order valence-corrected chi connectivity index (χ3v) is 4.40. The van der Waals surface area contributed by atoms with Gasteiger partial charge in [0.15, 0.2) is 0 Å². The molecule has 8 nitrogen and oxygen atoms in total. The van der Waals surface area contributed by atoms with Gasteiger partial charge in [0.05, 0.1) is 12.5 Å². The molecule has 3 N–H and O–H groups in total. The van der Waals surface area contributed by atoms with Crippen LogP contribution in [-0.2, 0) is 7.05 Å². The van der Waals surface area contributed by atoms with E-state index in [1.807, 2.05) is 26.0 Å². The SMILES string of the molecule is Cc1ccc(C(=O)NNC(=O)c2ccc(C)c(NC(=O)c3cncn3C)c2)cc1. The molecule has 3 rings (SSSR count). The molecule has 0 unspecified atom stereocenters. The maximum Gasteiger partial charge on any atom is 0.273 e. The summed E-state index contributed by atoms with van der Waals surface area (Å²) in [4.78, 5) is 40.9. The highest BCUT2D eigenvalue weighted by atomic mass is 16.2. The van der Waals surface area contributed by atoms with Gasteiger partial charge >= 0.3 is 0 Å². The third-order valence-electron chi connectivity index (χ3n) is 4.40. The van der Waals surface area contributed by atoms with Crippen LogP contribution in [0.3, 0.4) is 0 Å². The average molecular weight is 391 g/mol. The molecule has 1 heterocycles. The summed E-state index contributed by atoms with van der Waals surface area (Å²) in [6, 6.07) is 11.9. The van der Waals surface area contributed by atoms with E-state index < -0.39 is 11.8 Å². The molecule has 3 amide bonds. The van der Waals surface area contributed by atoms with Crippen molar-refractivity contribution in [1.29, 1.82) is 0 Å². The molecule has 148 valence electrons. The Kier molecular flexibility index (Phi) is 5.73. The van der Waals surface area contributed by atoms with E-state index in [1.165, 1.54) is 12.5 Å². The molecule has 0 saturated heterocycles. The Morgan fingerprint density at radius 1 is 0.862 bits per heavy atom. The van der Waals surface area contributed by atoms with E-state index in [0.717, 1.165) is 11.1 Å². The monoisotopic (exact) mass is 391 g/mol. The number of benzene rings is 2. The number of aromatic nitrogens is 2. The first kappa shape index (κ1) is 19.8. The van der Waals surface area contributed by atoms with Crippen LogP contribution in [0.2, 0.25) is 0 Å². The number of aryl methyl sites for hydroxylation is 3. The molecule has 0 radical (unpaired) electrons. The van der Waals surface area contributed by atoms with Gasteiger partial charge in [-0.25, -0.2) is 4.98 Å². The number of hydrogen-bond acceptors (Lipinski definition) is 4. The zero-order chi connectivity index (χ0) is 21.0. The topological polar surface area (TPSA) is 105 Å². The predicted octanol–water partition coefficient (Wildman–Crippen LogP) is 2.36. The number of imidazole rings is 1. The Morgan fingerprint density at radius 2 is 1.48 bits per heavy atom. The zero-order valence-corrected chi connectivity index (χ0v) is 16.3. The van der Waals surface area contributed by atoms with E-state index in [9.17, 15) is 14.4 Å². The molecule has 0 aliphatic heterocycles. The maximum atomic E-state index is 12.4. The van der Waals surface area contributed by atoms with Crippen LogP contribution in [0.5, 0.6) is 0 Å². The van der Waals surface area contributed by atoms with Crippen molar-refractivity contribution in [1.82, 2.24) is 20.4 Å². The van der Waals surface area contributed by atoms with E-state index in [0.29, 0.717) is 22.5 Å². The second-order valence-electron chi connectivity index (χ2n) is 6.65. The van der Waals surface area contributed by atoms with Crippen molar-refractivity contribution in [3.05, 3.63) is 82.9 Å². The van der Waals surface area contributed by atoms with Crippen molar-refractivity contribution < 1.29 is 14.4 Å². The number of amides is 3. The standard InChI is InChI=1S/C21H21N5O3/c1-13-4-7-15(8-5-13)19(27)24-25-20(28)16-9-6-14(2)17(10-16)23-21(29)18-11-22-12-26(18)3/h4-12H,1-3H3,(H,23,29)(H,24,27)(H,25,28). The lowest BCUT2D eigenvalue weighted by Gasteiger charge is -2.12. The minimum Gasteiger partial charge on any atom is -0.330 e. The summed E-state index contributed by atoms with van der Waals surface area (Å²) >= 11 is 0. The first-order valence-corrected chi connectivity index (χ1v) is 8.91. The number of hydrazine groups is 1. The fourth-order valence-electron chi connectivity index (χ4n) is 2.62. The molecule has 0 bridgehead atoms. The lowest BCUT2D eigenvalue weighted by Crippen LogP contribution is -2.41. The largest absolute Gasteiger partial charge is 0.330 e. The molecule has 0 atom stereocenters. The van der Waals surface area contributed by atoms with Crippen LogP contribution in [0, 0.1) is 13.8 Å². The summed E-state index contributed by atoms with van der Waals surface area (Å²) in [6.07, 6.45) is 2.99. The van der Waals surface area contributed by atoms with Crippen LogP contribution in [0.25, 0.3) is 0 Å². The van der Waals surface area contributed by atoms with Crippen LogP contribution < -0.4 is 16.2 Å². The van der Waals surface area contributed by atoms with Crippen molar-refractivity contribution in [3.63, 3.8) is 0 Å². The summed E-state index contributed by atoms with van der Waals surface area (Å²) in [5.41, 5.74) is 8.21. The molecule has 1 aromatic heterocycles. The molecular weight excluding hydrogens is 370 g/mol. The summed E-state index contributed by atoms with van der Waals surface area (Å²) < 4.78 is 1.60. The Bertz CT molecular complexity index is 1070. The first-order chi connectivity index (χ1) is 13.8. The minimum atomic E-state index is -0.499. The first-order valence-electron chi connectivity index (χ1n) is 8.91. The smallest absolute Gasteiger partial charge is 0.273 e. The highest BCUT2D eigenvalue weighted by Crippen LogP contribution is 2.18. The number of carbonyl (C=O) groups excluding carboxylic acids is 3. The molecular formula is C21H21N5O3. The Morgan fingerprint density at radius 3 is 2.10 bits per heavy atom. The second kappa shape index (κ2) is 8.39. The lowest BCUT2D eigenvalue weighted by atomic mass is 10.1. The zero-order valence-electron chi connectivity index (χ0n) is 16.3. The molecule has 29 heavy (non-hydrogen) atoms. The van der Waals surface area contributed by atoms with Crippen LogP contribution in [0.15, 0.2) is 55.0 Å². The van der Waals surface area contributed by atoms with Crippen molar-refractivity contribution in [2.24, 2.45) is 7.05 Å². The molecule has 0 spiro atoms.